The van der Waals surface area contributed by atoms with Crippen molar-refractivity contribution in [1.82, 2.24) is 14.2 Å². The van der Waals surface area contributed by atoms with Gasteiger partial charge in [-0.1, -0.05) is 48.9 Å². The van der Waals surface area contributed by atoms with Gasteiger partial charge < -0.3 is 9.88 Å². The highest BCUT2D eigenvalue weighted by Gasteiger charge is 2.32. The van der Waals surface area contributed by atoms with Crippen LogP contribution in [0.5, 0.6) is 0 Å². The molecule has 29 heavy (non-hydrogen) atoms. The van der Waals surface area contributed by atoms with Gasteiger partial charge in [-0.25, -0.2) is 8.42 Å². The highest BCUT2D eigenvalue weighted by Crippen LogP contribution is 2.22. The molecule has 0 aliphatic carbocycles. The molecule has 1 aliphatic rings. The number of aromatic nitrogens is 1. The molecule has 0 spiro atoms. The van der Waals surface area contributed by atoms with Crippen molar-refractivity contribution in [3.05, 3.63) is 50.8 Å². The van der Waals surface area contributed by atoms with E-state index in [1.165, 1.54) is 9.87 Å². The monoisotopic (exact) mass is 437 g/mol. The van der Waals surface area contributed by atoms with Crippen molar-refractivity contribution in [1.29, 1.82) is 0 Å². The van der Waals surface area contributed by atoms with Crippen LogP contribution in [0.4, 0.5) is 0 Å². The molecule has 1 fully saturated rings. The average molecular weight is 438 g/mol. The number of rotatable bonds is 7. The fourth-order valence-electron chi connectivity index (χ4n) is 3.42. The molecular weight excluding hydrogens is 410 g/mol. The number of carbonyl (C=O) groups excluding carboxylic acids is 1. The number of amides is 1. The van der Waals surface area contributed by atoms with Crippen molar-refractivity contribution in [2.75, 3.05) is 26.2 Å². The zero-order valence-corrected chi connectivity index (χ0v) is 18.4. The van der Waals surface area contributed by atoms with Crippen LogP contribution in [0.25, 0.3) is 0 Å². The van der Waals surface area contributed by atoms with Crippen molar-refractivity contribution in [2.45, 2.75) is 43.7 Å². The fourth-order valence-corrected chi connectivity index (χ4v) is 6.28. The summed E-state index contributed by atoms with van der Waals surface area (Å²) in [6, 6.07) is 8.15. The Morgan fingerprint density at radius 3 is 2.28 bits per heavy atom. The molecule has 0 bridgehead atoms. The number of nitrogens with zero attached hydrogens (tertiary/aromatic N) is 2. The van der Waals surface area contributed by atoms with E-state index in [0.29, 0.717) is 36.5 Å². The average Bonchev–Trinajstić information content (AvgIpc) is 3.06. The van der Waals surface area contributed by atoms with E-state index in [9.17, 15) is 18.0 Å². The smallest absolute Gasteiger partial charge is 0.305 e. The Morgan fingerprint density at radius 2 is 1.72 bits per heavy atom. The lowest BCUT2D eigenvalue weighted by Gasteiger charge is -2.33. The second-order valence-corrected chi connectivity index (χ2v) is 10.4. The van der Waals surface area contributed by atoms with Gasteiger partial charge in [-0.3, -0.25) is 9.59 Å². The van der Waals surface area contributed by atoms with E-state index >= 15 is 0 Å². The molecule has 2 heterocycles. The van der Waals surface area contributed by atoms with Crippen LogP contribution in [0.3, 0.4) is 0 Å². The molecule has 1 saturated heterocycles. The van der Waals surface area contributed by atoms with Crippen LogP contribution in [0.15, 0.2) is 33.3 Å². The minimum absolute atomic E-state index is 0.00541. The first kappa shape index (κ1) is 21.7. The lowest BCUT2D eigenvalue weighted by Crippen LogP contribution is -2.50. The highest BCUT2D eigenvalue weighted by molar-refractivity contribution is 7.91. The Balaban J connectivity index is 1.57. The third-order valence-electron chi connectivity index (χ3n) is 5.14. The predicted molar refractivity (Wildman–Crippen MR) is 114 cm³/mol. The molecule has 1 aromatic carbocycles. The second-order valence-electron chi connectivity index (χ2n) is 7.31. The Bertz CT molecular complexity index is 1000. The lowest BCUT2D eigenvalue weighted by atomic mass is 10.0. The maximum atomic E-state index is 12.8. The molecule has 2 aromatic rings. The summed E-state index contributed by atoms with van der Waals surface area (Å²) in [4.78, 5) is 27.9. The van der Waals surface area contributed by atoms with Crippen LogP contribution < -0.4 is 4.87 Å². The fraction of sp³-hybridized carbons (Fsp3) is 0.500. The molecule has 3 rings (SSSR count). The predicted octanol–water partition coefficient (Wildman–Crippen LogP) is 2.16. The van der Waals surface area contributed by atoms with Crippen LogP contribution in [-0.4, -0.2) is 54.7 Å². The molecule has 7 nitrogen and oxygen atoms in total. The number of nitrogens with one attached hydrogen (secondary N) is 1. The van der Waals surface area contributed by atoms with Crippen LogP contribution in [0.1, 0.15) is 36.6 Å². The molecule has 0 atom stereocenters. The van der Waals surface area contributed by atoms with Crippen molar-refractivity contribution in [2.24, 2.45) is 0 Å². The topological polar surface area (TPSA) is 90.6 Å². The molecule has 0 unspecified atom stereocenters. The third-order valence-corrected chi connectivity index (χ3v) is 8.62. The summed E-state index contributed by atoms with van der Waals surface area (Å²) < 4.78 is 27.0. The highest BCUT2D eigenvalue weighted by atomic mass is 32.2. The number of benzene rings is 1. The molecule has 0 radical (unpaired) electrons. The number of sulfonamides is 1. The van der Waals surface area contributed by atoms with Gasteiger partial charge in [0.25, 0.3) is 10.0 Å². The zero-order valence-electron chi connectivity index (χ0n) is 16.8. The van der Waals surface area contributed by atoms with Gasteiger partial charge in [0.2, 0.25) is 5.91 Å². The molecule has 1 aliphatic heterocycles. The summed E-state index contributed by atoms with van der Waals surface area (Å²) in [5, 5.41) is 0. The normalized spacial score (nSPS) is 15.6. The van der Waals surface area contributed by atoms with Gasteiger partial charge in [0, 0.05) is 31.9 Å². The third kappa shape index (κ3) is 5.15. The molecule has 1 amide bonds. The first-order valence-corrected chi connectivity index (χ1v) is 12.1. The number of H-pyrrole nitrogens is 1. The molecule has 9 heteroatoms. The van der Waals surface area contributed by atoms with E-state index in [1.807, 2.05) is 12.1 Å². The number of aromatic amines is 1. The van der Waals surface area contributed by atoms with Gasteiger partial charge in [-0.05, 0) is 30.9 Å². The van der Waals surface area contributed by atoms with Gasteiger partial charge in [0.1, 0.15) is 0 Å². The van der Waals surface area contributed by atoms with Gasteiger partial charge in [-0.15, -0.1) is 0 Å². The number of hydrogen-bond donors (Lipinski definition) is 1. The van der Waals surface area contributed by atoms with E-state index in [2.05, 4.69) is 24.0 Å². The number of aryl methyl sites for hydroxylation is 2. The molecular formula is C20H27N3O4S2. The largest absolute Gasteiger partial charge is 0.340 e. The van der Waals surface area contributed by atoms with Gasteiger partial charge >= 0.3 is 4.87 Å². The number of thiazole rings is 1. The Morgan fingerprint density at radius 1 is 1.10 bits per heavy atom. The summed E-state index contributed by atoms with van der Waals surface area (Å²) in [7, 11) is -3.71. The van der Waals surface area contributed by atoms with Crippen molar-refractivity contribution < 1.29 is 13.2 Å². The van der Waals surface area contributed by atoms with Crippen LogP contribution in [0.2, 0.25) is 0 Å². The Kier molecular flexibility index (Phi) is 6.92. The molecule has 1 N–H and O–H groups in total. The number of carbonyl (C=O) groups is 1. The minimum atomic E-state index is -3.71. The second kappa shape index (κ2) is 9.23. The van der Waals surface area contributed by atoms with Gasteiger partial charge in [0.15, 0.2) is 4.21 Å². The number of hydrogen-bond acceptors (Lipinski definition) is 5. The Labute approximate surface area is 175 Å². The minimum Gasteiger partial charge on any atom is -0.340 e. The van der Waals surface area contributed by atoms with E-state index in [0.717, 1.165) is 24.8 Å². The van der Waals surface area contributed by atoms with Crippen LogP contribution in [0, 0.1) is 6.92 Å². The summed E-state index contributed by atoms with van der Waals surface area (Å²) >= 11 is 0.708. The van der Waals surface area contributed by atoms with Crippen molar-refractivity contribution in [3.63, 3.8) is 0 Å². The van der Waals surface area contributed by atoms with Crippen molar-refractivity contribution >= 4 is 27.3 Å². The molecule has 1 aromatic heterocycles. The molecule has 158 valence electrons. The van der Waals surface area contributed by atoms with Gasteiger partial charge in [-0.2, -0.15) is 4.31 Å². The summed E-state index contributed by atoms with van der Waals surface area (Å²) in [5.74, 6) is 0.00541. The standard InChI is InChI=1S/C20H27N3O4S2/c1-3-4-5-16-6-8-17(9-7-16)14-18(24)22-10-12-23(13-11-22)29(26,27)19-15(2)21-20(25)28-19/h6-9H,3-5,10-14H2,1-2H3,(H,21,25). The zero-order chi connectivity index (χ0) is 21.0. The Hall–Kier alpha value is -1.97. The van der Waals surface area contributed by atoms with E-state index < -0.39 is 10.0 Å². The first-order chi connectivity index (χ1) is 13.8. The maximum absolute atomic E-state index is 12.8. The summed E-state index contributed by atoms with van der Waals surface area (Å²) in [6.07, 6.45) is 3.69. The first-order valence-electron chi connectivity index (χ1n) is 9.86. The van der Waals surface area contributed by atoms with Crippen molar-refractivity contribution in [3.8, 4) is 0 Å². The van der Waals surface area contributed by atoms with E-state index in [-0.39, 0.29) is 28.1 Å². The molecule has 0 saturated carbocycles. The van der Waals surface area contributed by atoms with E-state index in [4.69, 9.17) is 0 Å². The number of unbranched alkanes of at least 4 members (excludes halogenated alkanes) is 1. The van der Waals surface area contributed by atoms with Gasteiger partial charge in [0.05, 0.1) is 6.42 Å². The maximum Gasteiger partial charge on any atom is 0.305 e. The quantitative estimate of drug-likeness (QED) is 0.719. The number of piperazine rings is 1. The van der Waals surface area contributed by atoms with Crippen LogP contribution >= 0.6 is 11.3 Å². The SMILES string of the molecule is CCCCc1ccc(CC(=O)N2CCN(S(=O)(=O)c3sc(=O)[nH]c3C)CC2)cc1. The summed E-state index contributed by atoms with van der Waals surface area (Å²) in [6.45, 7) is 4.92. The van der Waals surface area contributed by atoms with Crippen LogP contribution in [-0.2, 0) is 27.7 Å². The summed E-state index contributed by atoms with van der Waals surface area (Å²) in [5.41, 5.74) is 2.61. The van der Waals surface area contributed by atoms with E-state index in [1.54, 1.807) is 11.8 Å². The lowest BCUT2D eigenvalue weighted by molar-refractivity contribution is -0.131.